The van der Waals surface area contributed by atoms with E-state index in [0.29, 0.717) is 12.5 Å². The summed E-state index contributed by atoms with van der Waals surface area (Å²) in [6.45, 7) is 9.42. The van der Waals surface area contributed by atoms with Crippen molar-refractivity contribution < 1.29 is 4.74 Å². The summed E-state index contributed by atoms with van der Waals surface area (Å²) >= 11 is 0. The quantitative estimate of drug-likeness (QED) is 0.430. The normalized spacial score (nSPS) is 16.2. The molecule has 3 heterocycles. The van der Waals surface area contributed by atoms with Gasteiger partial charge in [-0.3, -0.25) is 4.90 Å². The number of hydrogen-bond acceptors (Lipinski definition) is 6. The fourth-order valence-corrected chi connectivity index (χ4v) is 4.49. The molecule has 33 heavy (non-hydrogen) atoms. The highest BCUT2D eigenvalue weighted by Gasteiger charge is 2.33. The number of ether oxygens (including phenoxy) is 1. The van der Waals surface area contributed by atoms with Crippen molar-refractivity contribution in [3.05, 3.63) is 83.4 Å². The Hall–Kier alpha value is -3.52. The van der Waals surface area contributed by atoms with E-state index in [1.807, 2.05) is 46.6 Å². The highest BCUT2D eigenvalue weighted by atomic mass is 16.5. The second-order valence-electron chi connectivity index (χ2n) is 8.61. The lowest BCUT2D eigenvalue weighted by Crippen LogP contribution is -2.39. The molecule has 0 spiro atoms. The van der Waals surface area contributed by atoms with E-state index in [-0.39, 0.29) is 6.04 Å². The molecule has 1 aliphatic heterocycles. The molecule has 170 valence electrons. The molecule has 2 aromatic heterocycles. The molecule has 0 saturated carbocycles. The van der Waals surface area contributed by atoms with Gasteiger partial charge >= 0.3 is 0 Å². The molecule has 2 aromatic carbocycles. The third-order valence-electron chi connectivity index (χ3n) is 6.04. The Kier molecular flexibility index (Phi) is 5.92. The van der Waals surface area contributed by atoms with Crippen LogP contribution in [0.25, 0.3) is 5.69 Å². The summed E-state index contributed by atoms with van der Waals surface area (Å²) in [6.07, 6.45) is 2.16. The zero-order valence-electron chi connectivity index (χ0n) is 19.3. The molecule has 8 heteroatoms. The first-order chi connectivity index (χ1) is 16.1. The summed E-state index contributed by atoms with van der Waals surface area (Å²) < 4.78 is 9.54. The molecule has 0 aliphatic carbocycles. The smallest absolute Gasteiger partial charge is 0.173 e. The summed E-state index contributed by atoms with van der Waals surface area (Å²) in [5.74, 6) is 2.06. The molecule has 8 nitrogen and oxygen atoms in total. The van der Waals surface area contributed by atoms with E-state index in [0.717, 1.165) is 48.2 Å². The van der Waals surface area contributed by atoms with Gasteiger partial charge in [-0.15, -0.1) is 5.10 Å². The Labute approximate surface area is 193 Å². The highest BCUT2D eigenvalue weighted by Crippen LogP contribution is 2.33. The first-order valence-electron chi connectivity index (χ1n) is 11.5. The van der Waals surface area contributed by atoms with Crippen LogP contribution in [-0.4, -0.2) is 48.0 Å². The second kappa shape index (κ2) is 9.15. The first-order valence-corrected chi connectivity index (χ1v) is 11.5. The van der Waals surface area contributed by atoms with Gasteiger partial charge in [0.15, 0.2) is 5.82 Å². The number of tetrazole rings is 1. The number of para-hydroxylation sites is 1. The maximum absolute atomic E-state index is 5.64. The van der Waals surface area contributed by atoms with Crippen LogP contribution in [0.2, 0.25) is 0 Å². The van der Waals surface area contributed by atoms with Crippen molar-refractivity contribution >= 4 is 0 Å². The zero-order chi connectivity index (χ0) is 22.8. The number of aromatic nitrogens is 6. The van der Waals surface area contributed by atoms with E-state index < -0.39 is 0 Å². The lowest BCUT2D eigenvalue weighted by molar-refractivity contribution is 0.163. The average Bonchev–Trinajstić information content (AvgIpc) is 3.48. The summed E-state index contributed by atoms with van der Waals surface area (Å²) in [6, 6.07) is 18.5. The molecule has 0 bridgehead atoms. The van der Waals surface area contributed by atoms with Crippen LogP contribution < -0.4 is 4.74 Å². The molecule has 0 amide bonds. The number of rotatable bonds is 7. The van der Waals surface area contributed by atoms with Gasteiger partial charge in [-0.1, -0.05) is 44.2 Å². The van der Waals surface area contributed by atoms with Crippen molar-refractivity contribution in [2.45, 2.75) is 45.8 Å². The van der Waals surface area contributed by atoms with Crippen LogP contribution in [0.4, 0.5) is 0 Å². The van der Waals surface area contributed by atoms with Crippen molar-refractivity contribution in [2.24, 2.45) is 0 Å². The lowest BCUT2D eigenvalue weighted by atomic mass is 10.0. The maximum atomic E-state index is 5.64. The molecule has 4 aromatic rings. The molecule has 0 saturated heterocycles. The minimum absolute atomic E-state index is 0.0375. The maximum Gasteiger partial charge on any atom is 0.173 e. The van der Waals surface area contributed by atoms with E-state index in [4.69, 9.17) is 9.84 Å². The predicted molar refractivity (Wildman–Crippen MR) is 125 cm³/mol. The van der Waals surface area contributed by atoms with Crippen LogP contribution >= 0.6 is 0 Å². The highest BCUT2D eigenvalue weighted by molar-refractivity contribution is 5.35. The van der Waals surface area contributed by atoms with Crippen molar-refractivity contribution in [1.82, 2.24) is 34.9 Å². The third kappa shape index (κ3) is 4.26. The van der Waals surface area contributed by atoms with Gasteiger partial charge < -0.3 is 4.74 Å². The molecule has 5 rings (SSSR count). The molecular formula is C25H29N7O. The lowest BCUT2D eigenvalue weighted by Gasteiger charge is -2.35. The van der Waals surface area contributed by atoms with E-state index >= 15 is 0 Å². The van der Waals surface area contributed by atoms with Crippen molar-refractivity contribution in [3.63, 3.8) is 0 Å². The van der Waals surface area contributed by atoms with Crippen molar-refractivity contribution in [3.8, 4) is 11.4 Å². The molecule has 1 unspecified atom stereocenters. The van der Waals surface area contributed by atoms with E-state index in [9.17, 15) is 0 Å². The molecule has 1 aliphatic rings. The van der Waals surface area contributed by atoms with Crippen LogP contribution in [0.3, 0.4) is 0 Å². The molecular weight excluding hydrogens is 414 g/mol. The van der Waals surface area contributed by atoms with Crippen LogP contribution in [0.5, 0.6) is 5.75 Å². The van der Waals surface area contributed by atoms with Gasteiger partial charge in [-0.05, 0) is 53.1 Å². The molecule has 0 radical (unpaired) electrons. The monoisotopic (exact) mass is 443 g/mol. The van der Waals surface area contributed by atoms with Crippen LogP contribution in [0, 0.1) is 0 Å². The van der Waals surface area contributed by atoms with E-state index in [1.54, 1.807) is 0 Å². The predicted octanol–water partition coefficient (Wildman–Crippen LogP) is 3.99. The summed E-state index contributed by atoms with van der Waals surface area (Å²) in [5, 5.41) is 17.5. The van der Waals surface area contributed by atoms with Crippen LogP contribution in [0.15, 0.2) is 60.8 Å². The van der Waals surface area contributed by atoms with E-state index in [1.165, 1.54) is 5.56 Å². The van der Waals surface area contributed by atoms with Crippen LogP contribution in [-0.2, 0) is 13.1 Å². The fourth-order valence-electron chi connectivity index (χ4n) is 4.49. The van der Waals surface area contributed by atoms with Crippen LogP contribution in [0.1, 0.15) is 55.4 Å². The standard InChI is InChI=1S/C25H29N7O/c1-4-33-22-12-10-19(11-13-22)24-25-26-28-29-31(25)15-14-30(24)16-20-17-32(27-23(20)18(2)3)21-8-6-5-7-9-21/h5-13,17-18,24H,4,14-16H2,1-3H3. The largest absolute Gasteiger partial charge is 0.494 e. The minimum atomic E-state index is -0.0375. The van der Waals surface area contributed by atoms with Gasteiger partial charge in [0, 0.05) is 24.8 Å². The van der Waals surface area contributed by atoms with E-state index in [2.05, 4.69) is 64.7 Å². The summed E-state index contributed by atoms with van der Waals surface area (Å²) in [5.41, 5.74) is 4.56. The minimum Gasteiger partial charge on any atom is -0.494 e. The first kappa shape index (κ1) is 21.3. The molecule has 0 fully saturated rings. The van der Waals surface area contributed by atoms with Gasteiger partial charge in [0.05, 0.1) is 30.6 Å². The molecule has 0 N–H and O–H groups in total. The van der Waals surface area contributed by atoms with Gasteiger partial charge in [0.1, 0.15) is 5.75 Å². The number of fused-ring (bicyclic) bond motifs is 1. The summed E-state index contributed by atoms with van der Waals surface area (Å²) in [7, 11) is 0. The Balaban J connectivity index is 1.50. The number of nitrogens with zero attached hydrogens (tertiary/aromatic N) is 7. The zero-order valence-corrected chi connectivity index (χ0v) is 19.3. The topological polar surface area (TPSA) is 73.9 Å². The van der Waals surface area contributed by atoms with Crippen molar-refractivity contribution in [1.29, 1.82) is 0 Å². The van der Waals surface area contributed by atoms with Crippen molar-refractivity contribution in [2.75, 3.05) is 13.2 Å². The Morgan fingerprint density at radius 3 is 2.55 bits per heavy atom. The fraction of sp³-hybridized carbons (Fsp3) is 0.360. The SMILES string of the molecule is CCOc1ccc(C2c3nnnn3CCN2Cc2cn(-c3ccccc3)nc2C(C)C)cc1. The van der Waals surface area contributed by atoms with Gasteiger partial charge in [-0.2, -0.15) is 5.10 Å². The average molecular weight is 444 g/mol. The third-order valence-corrected chi connectivity index (χ3v) is 6.04. The second-order valence-corrected chi connectivity index (χ2v) is 8.61. The summed E-state index contributed by atoms with van der Waals surface area (Å²) in [4.78, 5) is 2.44. The molecule has 1 atom stereocenters. The Morgan fingerprint density at radius 1 is 1.03 bits per heavy atom. The van der Waals surface area contributed by atoms with Gasteiger partial charge in [-0.25, -0.2) is 9.36 Å². The van der Waals surface area contributed by atoms with Gasteiger partial charge in [0.25, 0.3) is 0 Å². The Morgan fingerprint density at radius 2 is 1.82 bits per heavy atom. The van der Waals surface area contributed by atoms with Gasteiger partial charge in [0.2, 0.25) is 0 Å². The number of hydrogen-bond donors (Lipinski definition) is 0. The number of benzene rings is 2. The Bertz CT molecular complexity index is 1200.